The first-order valence-electron chi connectivity index (χ1n) is 5.12. The molecule has 0 saturated heterocycles. The van der Waals surface area contributed by atoms with Gasteiger partial charge in [-0.3, -0.25) is 4.98 Å². The highest BCUT2D eigenvalue weighted by molar-refractivity contribution is 6.31. The number of nitrogens with two attached hydrogens (primary N) is 1. The van der Waals surface area contributed by atoms with E-state index in [0.29, 0.717) is 11.6 Å². The second kappa shape index (κ2) is 4.64. The highest BCUT2D eigenvalue weighted by Crippen LogP contribution is 2.26. The van der Waals surface area contributed by atoms with Gasteiger partial charge in [-0.1, -0.05) is 17.7 Å². The molecule has 0 amide bonds. The summed E-state index contributed by atoms with van der Waals surface area (Å²) in [6.45, 7) is 2.51. The average molecular weight is 233 g/mol. The Bertz CT molecular complexity index is 509. The van der Waals surface area contributed by atoms with Crippen molar-refractivity contribution in [3.05, 3.63) is 52.8 Å². The van der Waals surface area contributed by atoms with Crippen LogP contribution in [0.1, 0.15) is 11.1 Å². The molecule has 1 heterocycles. The maximum absolute atomic E-state index is 6.03. The van der Waals surface area contributed by atoms with Crippen LogP contribution in [0, 0.1) is 6.92 Å². The van der Waals surface area contributed by atoms with Crippen molar-refractivity contribution < 1.29 is 0 Å². The Labute approximate surface area is 100 Å². The lowest BCUT2D eigenvalue weighted by Gasteiger charge is -2.08. The van der Waals surface area contributed by atoms with Crippen LogP contribution in [0.3, 0.4) is 0 Å². The quantitative estimate of drug-likeness (QED) is 0.864. The number of aryl methyl sites for hydroxylation is 1. The number of pyridine rings is 1. The molecule has 0 spiro atoms. The van der Waals surface area contributed by atoms with Crippen molar-refractivity contribution in [2.24, 2.45) is 5.73 Å². The summed E-state index contributed by atoms with van der Waals surface area (Å²) in [5.74, 6) is 0. The third-order valence-corrected chi connectivity index (χ3v) is 2.98. The largest absolute Gasteiger partial charge is 0.326 e. The van der Waals surface area contributed by atoms with Crippen LogP contribution in [0.4, 0.5) is 0 Å². The van der Waals surface area contributed by atoms with Crippen LogP contribution in [-0.4, -0.2) is 4.98 Å². The molecule has 0 aliphatic heterocycles. The lowest BCUT2D eigenvalue weighted by molar-refractivity contribution is 1.07. The first-order valence-corrected chi connectivity index (χ1v) is 5.49. The maximum Gasteiger partial charge on any atom is 0.0451 e. The number of halogens is 1. The van der Waals surface area contributed by atoms with E-state index < -0.39 is 0 Å². The molecular formula is C13H13ClN2. The third kappa shape index (κ3) is 2.08. The molecule has 2 aromatic rings. The first-order chi connectivity index (χ1) is 7.72. The van der Waals surface area contributed by atoms with Crippen LogP contribution in [0.25, 0.3) is 11.1 Å². The van der Waals surface area contributed by atoms with Gasteiger partial charge in [0.2, 0.25) is 0 Å². The second-order valence-corrected chi connectivity index (χ2v) is 4.11. The molecule has 82 valence electrons. The van der Waals surface area contributed by atoms with Gasteiger partial charge in [0, 0.05) is 29.5 Å². The zero-order valence-electron chi connectivity index (χ0n) is 9.07. The van der Waals surface area contributed by atoms with Crippen molar-refractivity contribution in [3.63, 3.8) is 0 Å². The third-order valence-electron chi connectivity index (χ3n) is 2.62. The summed E-state index contributed by atoms with van der Waals surface area (Å²) in [5, 5.41) is 0.716. The van der Waals surface area contributed by atoms with Crippen LogP contribution < -0.4 is 5.73 Å². The molecule has 0 atom stereocenters. The number of hydrogen-bond donors (Lipinski definition) is 1. The lowest BCUT2D eigenvalue weighted by Crippen LogP contribution is -1.97. The fourth-order valence-electron chi connectivity index (χ4n) is 1.66. The number of rotatable bonds is 2. The molecule has 0 aliphatic rings. The molecule has 0 aliphatic carbocycles. The molecule has 0 radical (unpaired) electrons. The van der Waals surface area contributed by atoms with Gasteiger partial charge < -0.3 is 5.73 Å². The van der Waals surface area contributed by atoms with E-state index in [0.717, 1.165) is 16.7 Å². The molecule has 2 rings (SSSR count). The Morgan fingerprint density at radius 1 is 1.31 bits per heavy atom. The molecule has 16 heavy (non-hydrogen) atoms. The van der Waals surface area contributed by atoms with Gasteiger partial charge in [0.15, 0.2) is 0 Å². The molecule has 1 aromatic carbocycles. The molecule has 0 unspecified atom stereocenters. The van der Waals surface area contributed by atoms with Crippen molar-refractivity contribution in [1.82, 2.24) is 4.98 Å². The van der Waals surface area contributed by atoms with Crippen molar-refractivity contribution in [1.29, 1.82) is 0 Å². The van der Waals surface area contributed by atoms with E-state index in [9.17, 15) is 0 Å². The van der Waals surface area contributed by atoms with Crippen LogP contribution in [0.2, 0.25) is 5.02 Å². The number of hydrogen-bond acceptors (Lipinski definition) is 2. The summed E-state index contributed by atoms with van der Waals surface area (Å²) in [5.41, 5.74) is 10.0. The Hall–Kier alpha value is -1.38. The van der Waals surface area contributed by atoms with Crippen LogP contribution in [-0.2, 0) is 6.54 Å². The minimum absolute atomic E-state index is 0.450. The van der Waals surface area contributed by atoms with Gasteiger partial charge >= 0.3 is 0 Å². The Kier molecular flexibility index (Phi) is 3.22. The lowest BCUT2D eigenvalue weighted by atomic mass is 10.0. The van der Waals surface area contributed by atoms with Crippen LogP contribution in [0.15, 0.2) is 36.7 Å². The van der Waals surface area contributed by atoms with Crippen molar-refractivity contribution in [3.8, 4) is 11.1 Å². The van der Waals surface area contributed by atoms with E-state index in [1.54, 1.807) is 6.20 Å². The van der Waals surface area contributed by atoms with E-state index in [4.69, 9.17) is 17.3 Å². The fraction of sp³-hybridized carbons (Fsp3) is 0.154. The van der Waals surface area contributed by atoms with Gasteiger partial charge in [-0.2, -0.15) is 0 Å². The molecule has 2 N–H and O–H groups in total. The van der Waals surface area contributed by atoms with Gasteiger partial charge in [-0.05, 0) is 41.8 Å². The smallest absolute Gasteiger partial charge is 0.0451 e. The van der Waals surface area contributed by atoms with Gasteiger partial charge in [-0.25, -0.2) is 0 Å². The zero-order valence-corrected chi connectivity index (χ0v) is 9.83. The summed E-state index contributed by atoms with van der Waals surface area (Å²) in [4.78, 5) is 4.14. The van der Waals surface area contributed by atoms with Crippen LogP contribution >= 0.6 is 11.6 Å². The van der Waals surface area contributed by atoms with Gasteiger partial charge in [0.1, 0.15) is 0 Å². The summed E-state index contributed by atoms with van der Waals surface area (Å²) in [6, 6.07) is 7.88. The minimum Gasteiger partial charge on any atom is -0.326 e. The molecular weight excluding hydrogens is 220 g/mol. The van der Waals surface area contributed by atoms with E-state index in [1.165, 1.54) is 5.56 Å². The van der Waals surface area contributed by atoms with Crippen molar-refractivity contribution in [2.75, 3.05) is 0 Å². The summed E-state index contributed by atoms with van der Waals surface area (Å²) < 4.78 is 0. The molecule has 1 aromatic heterocycles. The zero-order chi connectivity index (χ0) is 11.5. The van der Waals surface area contributed by atoms with Gasteiger partial charge in [0.05, 0.1) is 0 Å². The average Bonchev–Trinajstić information content (AvgIpc) is 2.31. The predicted octanol–water partition coefficient (Wildman–Crippen LogP) is 3.17. The topological polar surface area (TPSA) is 38.9 Å². The van der Waals surface area contributed by atoms with E-state index in [1.807, 2.05) is 30.5 Å². The van der Waals surface area contributed by atoms with E-state index in [-0.39, 0.29) is 0 Å². The SMILES string of the molecule is Cc1ccncc1-c1ccc(Cl)c(CN)c1. The normalized spacial score (nSPS) is 10.4. The molecule has 3 heteroatoms. The Morgan fingerprint density at radius 2 is 2.12 bits per heavy atom. The number of aromatic nitrogens is 1. The number of benzene rings is 1. The maximum atomic E-state index is 6.03. The summed E-state index contributed by atoms with van der Waals surface area (Å²) in [6.07, 6.45) is 3.65. The summed E-state index contributed by atoms with van der Waals surface area (Å²) >= 11 is 6.03. The standard InChI is InChI=1S/C13H13ClN2/c1-9-4-5-16-8-12(9)10-2-3-13(14)11(6-10)7-15/h2-6,8H,7,15H2,1H3. The summed E-state index contributed by atoms with van der Waals surface area (Å²) in [7, 11) is 0. The Morgan fingerprint density at radius 3 is 2.81 bits per heavy atom. The second-order valence-electron chi connectivity index (χ2n) is 3.70. The number of nitrogens with zero attached hydrogens (tertiary/aromatic N) is 1. The molecule has 0 saturated carbocycles. The monoisotopic (exact) mass is 232 g/mol. The highest BCUT2D eigenvalue weighted by Gasteiger charge is 2.04. The highest BCUT2D eigenvalue weighted by atomic mass is 35.5. The van der Waals surface area contributed by atoms with E-state index >= 15 is 0 Å². The van der Waals surface area contributed by atoms with E-state index in [2.05, 4.69) is 11.9 Å². The molecule has 0 fully saturated rings. The molecule has 2 nitrogen and oxygen atoms in total. The predicted molar refractivity (Wildman–Crippen MR) is 67.3 cm³/mol. The Balaban J connectivity index is 2.53. The van der Waals surface area contributed by atoms with Crippen molar-refractivity contribution in [2.45, 2.75) is 13.5 Å². The minimum atomic E-state index is 0.450. The first kappa shape index (κ1) is 11.1. The van der Waals surface area contributed by atoms with Gasteiger partial charge in [-0.15, -0.1) is 0 Å². The van der Waals surface area contributed by atoms with Crippen LogP contribution in [0.5, 0.6) is 0 Å². The van der Waals surface area contributed by atoms with Crippen molar-refractivity contribution >= 4 is 11.6 Å². The van der Waals surface area contributed by atoms with Gasteiger partial charge in [0.25, 0.3) is 0 Å². The molecule has 0 bridgehead atoms. The fourth-order valence-corrected chi connectivity index (χ4v) is 1.86.